The minimum atomic E-state index is -0.121. The molecular weight excluding hydrogens is 443 g/mol. The number of anilines is 1. The fraction of sp³-hybridized carbons (Fsp3) is 0.190. The Kier molecular flexibility index (Phi) is 7.31. The van der Waals surface area contributed by atoms with Gasteiger partial charge in [-0.2, -0.15) is 0 Å². The fourth-order valence-electron chi connectivity index (χ4n) is 3.05. The quantitative estimate of drug-likeness (QED) is 0.373. The number of ether oxygens (including phenoxy) is 1. The summed E-state index contributed by atoms with van der Waals surface area (Å²) < 4.78 is 8.21. The van der Waals surface area contributed by atoms with E-state index in [1.54, 1.807) is 42.7 Å². The number of hydrogen-bond acceptors (Lipinski definition) is 5. The minimum absolute atomic E-state index is 0. The maximum atomic E-state index is 13.4. The van der Waals surface area contributed by atoms with Gasteiger partial charge in [-0.3, -0.25) is 9.69 Å². The van der Waals surface area contributed by atoms with Crippen LogP contribution in [0.25, 0.3) is 10.2 Å². The van der Waals surface area contributed by atoms with E-state index < -0.39 is 0 Å². The lowest BCUT2D eigenvalue weighted by molar-refractivity contribution is 0.0986. The lowest BCUT2D eigenvalue weighted by Gasteiger charge is -2.20. The predicted octanol–water partition coefficient (Wildman–Crippen LogP) is 5.31. The molecule has 0 aliphatic heterocycles. The molecule has 0 aliphatic rings. The van der Waals surface area contributed by atoms with Crippen LogP contribution in [0.15, 0.2) is 61.2 Å². The number of para-hydroxylation sites is 1. The van der Waals surface area contributed by atoms with Crippen molar-refractivity contribution in [3.8, 4) is 5.75 Å². The number of halogens is 2. The average Bonchev–Trinajstić information content (AvgIpc) is 3.41. The molecule has 0 bridgehead atoms. The highest BCUT2D eigenvalue weighted by Gasteiger charge is 2.22. The highest BCUT2D eigenvalue weighted by molar-refractivity contribution is 7.22. The number of carbonyl (C=O) groups excluding carboxylic acids is 1. The van der Waals surface area contributed by atoms with Crippen molar-refractivity contribution >= 4 is 56.6 Å². The van der Waals surface area contributed by atoms with Crippen molar-refractivity contribution in [3.05, 3.63) is 71.8 Å². The number of thiazole rings is 1. The SMILES string of the molecule is COc1cccc(C(=O)N(CCCn2ccnc2)c2nc3c(Cl)cccc3s2)c1.Cl. The summed E-state index contributed by atoms with van der Waals surface area (Å²) >= 11 is 7.76. The van der Waals surface area contributed by atoms with Gasteiger partial charge in [0.2, 0.25) is 0 Å². The van der Waals surface area contributed by atoms with Crippen LogP contribution in [0.1, 0.15) is 16.8 Å². The molecule has 0 spiro atoms. The number of fused-ring (bicyclic) bond motifs is 1. The molecule has 0 saturated heterocycles. The van der Waals surface area contributed by atoms with E-state index in [4.69, 9.17) is 16.3 Å². The van der Waals surface area contributed by atoms with E-state index in [-0.39, 0.29) is 18.3 Å². The van der Waals surface area contributed by atoms with Crippen molar-refractivity contribution < 1.29 is 9.53 Å². The van der Waals surface area contributed by atoms with Crippen molar-refractivity contribution in [3.63, 3.8) is 0 Å². The van der Waals surface area contributed by atoms with Crippen molar-refractivity contribution in [2.45, 2.75) is 13.0 Å². The van der Waals surface area contributed by atoms with Crippen molar-refractivity contribution in [1.82, 2.24) is 14.5 Å². The number of benzene rings is 2. The third kappa shape index (κ3) is 4.75. The molecule has 9 heteroatoms. The summed E-state index contributed by atoms with van der Waals surface area (Å²) in [5.74, 6) is 0.520. The van der Waals surface area contributed by atoms with E-state index >= 15 is 0 Å². The van der Waals surface area contributed by atoms with Crippen LogP contribution in [0, 0.1) is 0 Å². The van der Waals surface area contributed by atoms with Crippen LogP contribution >= 0.6 is 35.3 Å². The third-order valence-corrected chi connectivity index (χ3v) is 5.86. The summed E-state index contributed by atoms with van der Waals surface area (Å²) in [6.07, 6.45) is 6.18. The first-order valence-electron chi connectivity index (χ1n) is 9.12. The monoisotopic (exact) mass is 462 g/mol. The second-order valence-electron chi connectivity index (χ2n) is 6.43. The maximum Gasteiger partial charge on any atom is 0.260 e. The van der Waals surface area contributed by atoms with Gasteiger partial charge in [0.1, 0.15) is 11.3 Å². The molecule has 0 unspecified atom stereocenters. The first kappa shape index (κ1) is 22.1. The summed E-state index contributed by atoms with van der Waals surface area (Å²) in [6, 6.07) is 12.8. The molecule has 0 radical (unpaired) electrons. The second kappa shape index (κ2) is 9.93. The Hall–Kier alpha value is -2.61. The molecule has 156 valence electrons. The number of aryl methyl sites for hydroxylation is 1. The second-order valence-corrected chi connectivity index (χ2v) is 7.84. The van der Waals surface area contributed by atoms with Crippen LogP contribution in [-0.4, -0.2) is 34.1 Å². The molecule has 0 atom stereocenters. The number of imidazole rings is 1. The van der Waals surface area contributed by atoms with Gasteiger partial charge >= 0.3 is 0 Å². The first-order chi connectivity index (χ1) is 14.2. The predicted molar refractivity (Wildman–Crippen MR) is 123 cm³/mol. The van der Waals surface area contributed by atoms with Gasteiger partial charge in [-0.15, -0.1) is 12.4 Å². The summed E-state index contributed by atoms with van der Waals surface area (Å²) in [6.45, 7) is 1.28. The van der Waals surface area contributed by atoms with E-state index in [0.717, 1.165) is 17.7 Å². The Morgan fingerprint density at radius 2 is 2.10 bits per heavy atom. The lowest BCUT2D eigenvalue weighted by Crippen LogP contribution is -2.32. The molecule has 0 N–H and O–H groups in total. The van der Waals surface area contributed by atoms with E-state index in [1.807, 2.05) is 35.0 Å². The molecule has 2 aromatic heterocycles. The molecular formula is C21H20Cl2N4O2S. The molecule has 0 fully saturated rings. The Morgan fingerprint density at radius 1 is 1.27 bits per heavy atom. The zero-order valence-electron chi connectivity index (χ0n) is 16.2. The number of nitrogens with zero attached hydrogens (tertiary/aromatic N) is 4. The summed E-state index contributed by atoms with van der Waals surface area (Å²) in [4.78, 5) is 23.8. The van der Waals surface area contributed by atoms with Gasteiger partial charge in [-0.05, 0) is 36.8 Å². The lowest BCUT2D eigenvalue weighted by atomic mass is 10.2. The molecule has 0 aliphatic carbocycles. The maximum absolute atomic E-state index is 13.4. The summed E-state index contributed by atoms with van der Waals surface area (Å²) in [5, 5.41) is 1.21. The topological polar surface area (TPSA) is 60.2 Å². The number of methoxy groups -OCH3 is 1. The van der Waals surface area contributed by atoms with Crippen LogP contribution in [0.5, 0.6) is 5.75 Å². The number of amides is 1. The van der Waals surface area contributed by atoms with Crippen LogP contribution in [0.2, 0.25) is 5.02 Å². The van der Waals surface area contributed by atoms with E-state index in [1.165, 1.54) is 11.3 Å². The standard InChI is InChI=1S/C21H19ClN4O2S.ClH/c1-28-16-6-2-5-15(13-16)20(27)26(11-4-10-25-12-9-23-14-25)21-24-19-17(22)7-3-8-18(19)29-21;/h2-3,5-9,12-14H,4,10-11H2,1H3;1H. The Bertz CT molecular complexity index is 1130. The van der Waals surface area contributed by atoms with Crippen LogP contribution in [0.4, 0.5) is 5.13 Å². The Balaban J connectivity index is 0.00000256. The Morgan fingerprint density at radius 3 is 2.83 bits per heavy atom. The van der Waals surface area contributed by atoms with Crippen molar-refractivity contribution in [2.75, 3.05) is 18.6 Å². The molecule has 4 rings (SSSR count). The van der Waals surface area contributed by atoms with E-state index in [2.05, 4.69) is 9.97 Å². The van der Waals surface area contributed by atoms with Gasteiger partial charge in [-0.1, -0.05) is 35.1 Å². The zero-order chi connectivity index (χ0) is 20.2. The highest BCUT2D eigenvalue weighted by atomic mass is 35.5. The molecule has 6 nitrogen and oxygen atoms in total. The normalized spacial score (nSPS) is 10.6. The Labute approximate surface area is 189 Å². The summed E-state index contributed by atoms with van der Waals surface area (Å²) in [5.41, 5.74) is 1.27. The van der Waals surface area contributed by atoms with Crippen LogP contribution < -0.4 is 9.64 Å². The molecule has 2 aromatic carbocycles. The minimum Gasteiger partial charge on any atom is -0.497 e. The van der Waals surface area contributed by atoms with Crippen LogP contribution in [-0.2, 0) is 6.54 Å². The van der Waals surface area contributed by atoms with Gasteiger partial charge < -0.3 is 9.30 Å². The van der Waals surface area contributed by atoms with Crippen LogP contribution in [0.3, 0.4) is 0 Å². The molecule has 30 heavy (non-hydrogen) atoms. The fourth-order valence-corrected chi connectivity index (χ4v) is 4.33. The first-order valence-corrected chi connectivity index (χ1v) is 10.3. The zero-order valence-corrected chi connectivity index (χ0v) is 18.6. The molecule has 2 heterocycles. The van der Waals surface area contributed by atoms with Gasteiger partial charge in [0.25, 0.3) is 5.91 Å². The number of carbonyl (C=O) groups is 1. The average molecular weight is 463 g/mol. The number of hydrogen-bond donors (Lipinski definition) is 0. The molecule has 4 aromatic rings. The van der Waals surface area contributed by atoms with Gasteiger partial charge in [0.05, 0.1) is 23.2 Å². The third-order valence-electron chi connectivity index (χ3n) is 4.51. The smallest absolute Gasteiger partial charge is 0.260 e. The van der Waals surface area contributed by atoms with E-state index in [0.29, 0.717) is 33.5 Å². The van der Waals surface area contributed by atoms with Gasteiger partial charge in [0.15, 0.2) is 5.13 Å². The molecule has 0 saturated carbocycles. The summed E-state index contributed by atoms with van der Waals surface area (Å²) in [7, 11) is 1.59. The van der Waals surface area contributed by atoms with Crippen molar-refractivity contribution in [2.24, 2.45) is 0 Å². The number of rotatable bonds is 7. The number of aromatic nitrogens is 3. The largest absolute Gasteiger partial charge is 0.497 e. The van der Waals surface area contributed by atoms with E-state index in [9.17, 15) is 4.79 Å². The van der Waals surface area contributed by atoms with Gasteiger partial charge in [0, 0.05) is 31.0 Å². The van der Waals surface area contributed by atoms with Crippen molar-refractivity contribution in [1.29, 1.82) is 0 Å². The van der Waals surface area contributed by atoms with Gasteiger partial charge in [-0.25, -0.2) is 9.97 Å². The highest BCUT2D eigenvalue weighted by Crippen LogP contribution is 2.33. The molecule has 1 amide bonds.